The van der Waals surface area contributed by atoms with Crippen LogP contribution >= 0.6 is 0 Å². The van der Waals surface area contributed by atoms with Crippen molar-refractivity contribution >= 4 is 0 Å². The Morgan fingerprint density at radius 1 is 1.35 bits per heavy atom. The van der Waals surface area contributed by atoms with Gasteiger partial charge in [-0.15, -0.1) is 0 Å². The molecule has 114 valence electrons. The van der Waals surface area contributed by atoms with E-state index in [9.17, 15) is 0 Å². The second-order valence-corrected chi connectivity index (χ2v) is 6.30. The van der Waals surface area contributed by atoms with Gasteiger partial charge in [-0.05, 0) is 45.7 Å². The third-order valence-corrected chi connectivity index (χ3v) is 4.12. The highest BCUT2D eigenvalue weighted by Crippen LogP contribution is 2.21. The summed E-state index contributed by atoms with van der Waals surface area (Å²) in [6, 6.07) is 3.44. The fourth-order valence-corrected chi connectivity index (χ4v) is 2.47. The van der Waals surface area contributed by atoms with Gasteiger partial charge in [0.15, 0.2) is 0 Å². The van der Waals surface area contributed by atoms with Gasteiger partial charge in [0, 0.05) is 24.2 Å². The minimum atomic E-state index is 0.571. The fourth-order valence-electron chi connectivity index (χ4n) is 2.47. The summed E-state index contributed by atoms with van der Waals surface area (Å²) in [5.41, 5.74) is 1.33. The molecule has 1 aliphatic rings. The van der Waals surface area contributed by atoms with E-state index in [2.05, 4.69) is 37.1 Å². The van der Waals surface area contributed by atoms with Gasteiger partial charge in [0.05, 0.1) is 12.8 Å². The van der Waals surface area contributed by atoms with Crippen LogP contribution < -0.4 is 5.32 Å². The molecule has 1 heterocycles. The van der Waals surface area contributed by atoms with E-state index < -0.39 is 0 Å². The molecule has 0 atom stereocenters. The standard InChI is InChI=1S/C17H30N2O/c1-4-5-6-10-19(14(2)3)13-17-15(9-11-20-17)12-18-16-7-8-16/h9,11,14,16,18H,4-8,10,12-13H2,1-3H3. The molecule has 1 aromatic heterocycles. The minimum Gasteiger partial charge on any atom is -0.468 e. The lowest BCUT2D eigenvalue weighted by molar-refractivity contribution is 0.191. The maximum atomic E-state index is 5.72. The van der Waals surface area contributed by atoms with Crippen LogP contribution in [0.2, 0.25) is 0 Å². The van der Waals surface area contributed by atoms with E-state index >= 15 is 0 Å². The monoisotopic (exact) mass is 278 g/mol. The molecular formula is C17H30N2O. The molecule has 3 heteroatoms. The molecule has 20 heavy (non-hydrogen) atoms. The van der Waals surface area contributed by atoms with Gasteiger partial charge < -0.3 is 9.73 Å². The van der Waals surface area contributed by atoms with E-state index in [1.165, 1.54) is 44.2 Å². The smallest absolute Gasteiger partial charge is 0.122 e. The highest BCUT2D eigenvalue weighted by Gasteiger charge is 2.21. The van der Waals surface area contributed by atoms with E-state index in [1.807, 2.05) is 6.26 Å². The van der Waals surface area contributed by atoms with Gasteiger partial charge in [-0.3, -0.25) is 4.90 Å². The van der Waals surface area contributed by atoms with Gasteiger partial charge in [0.25, 0.3) is 0 Å². The van der Waals surface area contributed by atoms with Crippen molar-refractivity contribution in [3.05, 3.63) is 23.7 Å². The van der Waals surface area contributed by atoms with Crippen LogP contribution in [0.1, 0.15) is 64.2 Å². The Hall–Kier alpha value is -0.800. The van der Waals surface area contributed by atoms with Crippen molar-refractivity contribution in [2.24, 2.45) is 0 Å². The molecule has 0 amide bonds. The molecule has 0 aliphatic heterocycles. The zero-order valence-electron chi connectivity index (χ0n) is 13.3. The van der Waals surface area contributed by atoms with E-state index in [-0.39, 0.29) is 0 Å². The first-order valence-electron chi connectivity index (χ1n) is 8.23. The molecule has 0 aromatic carbocycles. The largest absolute Gasteiger partial charge is 0.468 e. The van der Waals surface area contributed by atoms with Crippen LogP contribution in [0.4, 0.5) is 0 Å². The summed E-state index contributed by atoms with van der Waals surface area (Å²) < 4.78 is 5.72. The van der Waals surface area contributed by atoms with Crippen LogP contribution in [0.5, 0.6) is 0 Å². The Labute approximate surface area is 123 Å². The number of hydrogen-bond donors (Lipinski definition) is 1. The first kappa shape index (κ1) is 15.6. The zero-order valence-corrected chi connectivity index (χ0v) is 13.3. The number of nitrogens with one attached hydrogen (secondary N) is 1. The normalized spacial score (nSPS) is 15.4. The molecular weight excluding hydrogens is 248 g/mol. The van der Waals surface area contributed by atoms with Crippen LogP contribution in [0.25, 0.3) is 0 Å². The third-order valence-electron chi connectivity index (χ3n) is 4.12. The second-order valence-electron chi connectivity index (χ2n) is 6.30. The molecule has 3 nitrogen and oxygen atoms in total. The molecule has 0 bridgehead atoms. The number of nitrogens with zero attached hydrogens (tertiary/aromatic N) is 1. The molecule has 1 fully saturated rings. The van der Waals surface area contributed by atoms with E-state index in [1.54, 1.807) is 0 Å². The van der Waals surface area contributed by atoms with Crippen LogP contribution in [-0.4, -0.2) is 23.5 Å². The first-order valence-corrected chi connectivity index (χ1v) is 8.23. The van der Waals surface area contributed by atoms with Gasteiger partial charge in [-0.25, -0.2) is 0 Å². The van der Waals surface area contributed by atoms with Gasteiger partial charge >= 0.3 is 0 Å². The topological polar surface area (TPSA) is 28.4 Å². The summed E-state index contributed by atoms with van der Waals surface area (Å²) in [6.45, 7) is 9.87. The predicted molar refractivity (Wildman–Crippen MR) is 83.6 cm³/mol. The summed E-state index contributed by atoms with van der Waals surface area (Å²) in [4.78, 5) is 2.52. The highest BCUT2D eigenvalue weighted by atomic mass is 16.3. The Bertz CT molecular complexity index is 382. The molecule has 1 N–H and O–H groups in total. The van der Waals surface area contributed by atoms with E-state index in [0.29, 0.717) is 6.04 Å². The Morgan fingerprint density at radius 3 is 2.80 bits per heavy atom. The van der Waals surface area contributed by atoms with Crippen molar-refractivity contribution in [3.8, 4) is 0 Å². The Kier molecular flexibility index (Phi) is 6.11. The third kappa shape index (κ3) is 4.95. The molecule has 1 aliphatic carbocycles. The number of rotatable bonds is 10. The number of unbranched alkanes of at least 4 members (excludes halogenated alkanes) is 2. The lowest BCUT2D eigenvalue weighted by atomic mass is 10.2. The van der Waals surface area contributed by atoms with Crippen molar-refractivity contribution in [3.63, 3.8) is 0 Å². The number of furan rings is 1. The average Bonchev–Trinajstić information content (AvgIpc) is 3.15. The average molecular weight is 278 g/mol. The van der Waals surface area contributed by atoms with Crippen LogP contribution in [0, 0.1) is 0 Å². The molecule has 0 saturated heterocycles. The van der Waals surface area contributed by atoms with Gasteiger partial charge in [-0.1, -0.05) is 19.8 Å². The van der Waals surface area contributed by atoms with E-state index in [4.69, 9.17) is 4.42 Å². The van der Waals surface area contributed by atoms with Crippen molar-refractivity contribution in [2.45, 2.75) is 78.0 Å². The Morgan fingerprint density at radius 2 is 2.15 bits per heavy atom. The quantitative estimate of drug-likeness (QED) is 0.657. The van der Waals surface area contributed by atoms with Crippen molar-refractivity contribution in [1.29, 1.82) is 0 Å². The SMILES string of the molecule is CCCCCN(Cc1occc1CNC1CC1)C(C)C. The number of hydrogen-bond acceptors (Lipinski definition) is 3. The molecule has 0 spiro atoms. The molecule has 1 saturated carbocycles. The van der Waals surface area contributed by atoms with Crippen molar-refractivity contribution in [1.82, 2.24) is 10.2 Å². The zero-order chi connectivity index (χ0) is 14.4. The summed E-state index contributed by atoms with van der Waals surface area (Å²) in [7, 11) is 0. The summed E-state index contributed by atoms with van der Waals surface area (Å²) >= 11 is 0. The van der Waals surface area contributed by atoms with Crippen LogP contribution in [-0.2, 0) is 13.1 Å². The first-order chi connectivity index (χ1) is 9.70. The lowest BCUT2D eigenvalue weighted by Crippen LogP contribution is -2.31. The molecule has 0 unspecified atom stereocenters. The fraction of sp³-hybridized carbons (Fsp3) is 0.765. The molecule has 2 rings (SSSR count). The highest BCUT2D eigenvalue weighted by molar-refractivity contribution is 5.17. The lowest BCUT2D eigenvalue weighted by Gasteiger charge is -2.26. The van der Waals surface area contributed by atoms with Gasteiger partial charge in [0.2, 0.25) is 0 Å². The van der Waals surface area contributed by atoms with Crippen molar-refractivity contribution in [2.75, 3.05) is 6.54 Å². The minimum absolute atomic E-state index is 0.571. The summed E-state index contributed by atoms with van der Waals surface area (Å²) in [6.07, 6.45) is 8.39. The Balaban J connectivity index is 1.86. The molecule has 1 aromatic rings. The van der Waals surface area contributed by atoms with Gasteiger partial charge in [-0.2, -0.15) is 0 Å². The van der Waals surface area contributed by atoms with Crippen molar-refractivity contribution < 1.29 is 4.42 Å². The van der Waals surface area contributed by atoms with Crippen LogP contribution in [0.3, 0.4) is 0 Å². The maximum Gasteiger partial charge on any atom is 0.122 e. The summed E-state index contributed by atoms with van der Waals surface area (Å²) in [5, 5.41) is 3.58. The van der Waals surface area contributed by atoms with E-state index in [0.717, 1.165) is 24.9 Å². The molecule has 0 radical (unpaired) electrons. The van der Waals surface area contributed by atoms with Gasteiger partial charge in [0.1, 0.15) is 5.76 Å². The predicted octanol–water partition coefficient (Wildman–Crippen LogP) is 3.93. The van der Waals surface area contributed by atoms with Crippen LogP contribution in [0.15, 0.2) is 16.7 Å². The maximum absolute atomic E-state index is 5.72. The second kappa shape index (κ2) is 7.84. The summed E-state index contributed by atoms with van der Waals surface area (Å²) in [5.74, 6) is 1.14.